The maximum Gasteiger partial charge on any atom is 0.131 e. The van der Waals surface area contributed by atoms with Crippen molar-refractivity contribution in [1.82, 2.24) is 0 Å². The highest BCUT2D eigenvalue weighted by Gasteiger charge is 2.06. The highest BCUT2D eigenvalue weighted by molar-refractivity contribution is 6.33. The second kappa shape index (κ2) is 3.81. The Balaban J connectivity index is 2.61. The van der Waals surface area contributed by atoms with E-state index in [9.17, 15) is 4.39 Å². The van der Waals surface area contributed by atoms with Gasteiger partial charge in [0.1, 0.15) is 5.82 Å². The van der Waals surface area contributed by atoms with Gasteiger partial charge >= 0.3 is 0 Å². The Morgan fingerprint density at radius 2 is 1.71 bits per heavy atom. The third kappa shape index (κ3) is 1.64. The molecule has 2 aromatic carbocycles. The molecule has 0 aliphatic heterocycles. The van der Waals surface area contributed by atoms with E-state index in [-0.39, 0.29) is 5.82 Å². The lowest BCUT2D eigenvalue weighted by Gasteiger charge is -2.04. The summed E-state index contributed by atoms with van der Waals surface area (Å²) in [6.07, 6.45) is 0. The largest absolute Gasteiger partial charge is 0.206 e. The van der Waals surface area contributed by atoms with Gasteiger partial charge in [0.2, 0.25) is 0 Å². The lowest BCUT2D eigenvalue weighted by molar-refractivity contribution is 0.631. The van der Waals surface area contributed by atoms with Crippen LogP contribution in [-0.4, -0.2) is 0 Å². The monoisotopic (exact) mass is 205 g/mol. The Kier molecular flexibility index (Phi) is 2.51. The van der Waals surface area contributed by atoms with Crippen molar-refractivity contribution in [2.24, 2.45) is 0 Å². The normalized spacial score (nSPS) is 10.1. The van der Waals surface area contributed by atoms with Gasteiger partial charge in [0.25, 0.3) is 0 Å². The Hall–Kier alpha value is -1.34. The summed E-state index contributed by atoms with van der Waals surface area (Å²) < 4.78 is 13.4. The van der Waals surface area contributed by atoms with Crippen molar-refractivity contribution in [3.63, 3.8) is 0 Å². The van der Waals surface area contributed by atoms with Gasteiger partial charge in [-0.05, 0) is 6.07 Å². The molecule has 1 radical (unpaired) electrons. The van der Waals surface area contributed by atoms with Crippen LogP contribution in [0.2, 0.25) is 5.02 Å². The maximum atomic E-state index is 13.4. The molecule has 0 N–H and O–H groups in total. The second-order valence-electron chi connectivity index (χ2n) is 2.88. The van der Waals surface area contributed by atoms with Crippen LogP contribution in [0.4, 0.5) is 4.39 Å². The van der Waals surface area contributed by atoms with Gasteiger partial charge in [0.15, 0.2) is 0 Å². The summed E-state index contributed by atoms with van der Waals surface area (Å²) in [4.78, 5) is 0. The Morgan fingerprint density at radius 3 is 2.43 bits per heavy atom. The molecule has 0 aliphatic carbocycles. The molecule has 0 unspecified atom stereocenters. The van der Waals surface area contributed by atoms with Gasteiger partial charge in [0.05, 0.1) is 5.02 Å². The lowest BCUT2D eigenvalue weighted by atomic mass is 10.1. The van der Waals surface area contributed by atoms with E-state index in [0.29, 0.717) is 16.1 Å². The van der Waals surface area contributed by atoms with E-state index in [1.807, 2.05) is 0 Å². The molecular formula is C12H7ClF. The minimum atomic E-state index is -0.269. The SMILES string of the molecule is Fc1ccccc1-c1ccc[c]c1Cl. The van der Waals surface area contributed by atoms with Gasteiger partial charge in [-0.1, -0.05) is 48.0 Å². The summed E-state index contributed by atoms with van der Waals surface area (Å²) in [7, 11) is 0. The average molecular weight is 206 g/mol. The number of rotatable bonds is 1. The molecule has 2 aromatic rings. The Morgan fingerprint density at radius 1 is 1.00 bits per heavy atom. The van der Waals surface area contributed by atoms with E-state index < -0.39 is 0 Å². The third-order valence-corrected chi connectivity index (χ3v) is 2.28. The third-order valence-electron chi connectivity index (χ3n) is 1.97. The topological polar surface area (TPSA) is 0 Å². The Bertz CT molecular complexity index is 408. The zero-order chi connectivity index (χ0) is 9.97. The molecule has 2 rings (SSSR count). The molecule has 0 aromatic heterocycles. The number of benzene rings is 2. The van der Waals surface area contributed by atoms with Gasteiger partial charge in [0, 0.05) is 17.2 Å². The first-order valence-electron chi connectivity index (χ1n) is 4.20. The highest BCUT2D eigenvalue weighted by atomic mass is 35.5. The van der Waals surface area contributed by atoms with Crippen LogP contribution in [0, 0.1) is 11.9 Å². The summed E-state index contributed by atoms with van der Waals surface area (Å²) in [6.45, 7) is 0. The molecule has 0 heterocycles. The minimum Gasteiger partial charge on any atom is -0.206 e. The predicted octanol–water partition coefficient (Wildman–Crippen LogP) is 3.95. The zero-order valence-electron chi connectivity index (χ0n) is 7.30. The number of hydrogen-bond donors (Lipinski definition) is 0. The molecule has 0 nitrogen and oxygen atoms in total. The van der Waals surface area contributed by atoms with Crippen LogP contribution in [0.25, 0.3) is 11.1 Å². The van der Waals surface area contributed by atoms with E-state index in [2.05, 4.69) is 6.07 Å². The quantitative estimate of drug-likeness (QED) is 0.662. The van der Waals surface area contributed by atoms with Crippen LogP contribution < -0.4 is 0 Å². The fourth-order valence-electron chi connectivity index (χ4n) is 1.30. The van der Waals surface area contributed by atoms with Crippen LogP contribution in [0.3, 0.4) is 0 Å². The van der Waals surface area contributed by atoms with E-state index in [1.165, 1.54) is 6.07 Å². The molecule has 0 amide bonds. The Labute approximate surface area is 87.0 Å². The smallest absolute Gasteiger partial charge is 0.131 e. The van der Waals surface area contributed by atoms with Gasteiger partial charge in [-0.15, -0.1) is 0 Å². The number of hydrogen-bond acceptors (Lipinski definition) is 0. The first kappa shape index (κ1) is 9.22. The molecule has 0 atom stereocenters. The fraction of sp³-hybridized carbons (Fsp3) is 0. The summed E-state index contributed by atoms with van der Waals surface area (Å²) in [6, 6.07) is 14.6. The maximum absolute atomic E-state index is 13.4. The highest BCUT2D eigenvalue weighted by Crippen LogP contribution is 2.28. The molecule has 0 saturated heterocycles. The molecule has 0 bridgehead atoms. The molecule has 0 spiro atoms. The zero-order valence-corrected chi connectivity index (χ0v) is 8.05. The van der Waals surface area contributed by atoms with Crippen molar-refractivity contribution < 1.29 is 4.39 Å². The minimum absolute atomic E-state index is 0.269. The van der Waals surface area contributed by atoms with Crippen LogP contribution in [0.5, 0.6) is 0 Å². The van der Waals surface area contributed by atoms with E-state index in [4.69, 9.17) is 11.6 Å². The van der Waals surface area contributed by atoms with Crippen LogP contribution in [-0.2, 0) is 0 Å². The predicted molar refractivity (Wildman–Crippen MR) is 55.7 cm³/mol. The molecule has 0 aliphatic rings. The summed E-state index contributed by atoms with van der Waals surface area (Å²) >= 11 is 5.91. The van der Waals surface area contributed by atoms with E-state index in [0.717, 1.165) is 0 Å². The van der Waals surface area contributed by atoms with E-state index >= 15 is 0 Å². The first-order valence-corrected chi connectivity index (χ1v) is 4.58. The van der Waals surface area contributed by atoms with Crippen molar-refractivity contribution in [1.29, 1.82) is 0 Å². The van der Waals surface area contributed by atoms with Gasteiger partial charge in [-0.25, -0.2) is 4.39 Å². The standard InChI is InChI=1S/C12H7ClF/c13-11-7-3-1-5-9(11)10-6-2-4-8-12(10)14/h1-6,8H. The fourth-order valence-corrected chi connectivity index (χ4v) is 1.53. The summed E-state index contributed by atoms with van der Waals surface area (Å²) in [5.41, 5.74) is 1.18. The van der Waals surface area contributed by atoms with Crippen molar-refractivity contribution in [3.05, 3.63) is 59.4 Å². The van der Waals surface area contributed by atoms with Gasteiger partial charge in [-0.2, -0.15) is 0 Å². The molecule has 69 valence electrons. The van der Waals surface area contributed by atoms with Crippen LogP contribution in [0.1, 0.15) is 0 Å². The average Bonchev–Trinajstić information content (AvgIpc) is 2.20. The van der Waals surface area contributed by atoms with Crippen molar-refractivity contribution in [2.75, 3.05) is 0 Å². The van der Waals surface area contributed by atoms with Gasteiger partial charge < -0.3 is 0 Å². The summed E-state index contributed by atoms with van der Waals surface area (Å²) in [5, 5.41) is 0.442. The van der Waals surface area contributed by atoms with Gasteiger partial charge in [-0.3, -0.25) is 0 Å². The molecule has 0 fully saturated rings. The van der Waals surface area contributed by atoms with Crippen LogP contribution in [0.15, 0.2) is 42.5 Å². The van der Waals surface area contributed by atoms with Crippen LogP contribution >= 0.6 is 11.6 Å². The molecular weight excluding hydrogens is 199 g/mol. The first-order chi connectivity index (χ1) is 6.79. The van der Waals surface area contributed by atoms with Crippen molar-refractivity contribution in [3.8, 4) is 11.1 Å². The van der Waals surface area contributed by atoms with Crippen molar-refractivity contribution >= 4 is 11.6 Å². The summed E-state index contributed by atoms with van der Waals surface area (Å²) in [5.74, 6) is -0.269. The van der Waals surface area contributed by atoms with E-state index in [1.54, 1.807) is 36.4 Å². The van der Waals surface area contributed by atoms with Crippen molar-refractivity contribution in [2.45, 2.75) is 0 Å². The molecule has 2 heteroatoms. The molecule has 0 saturated carbocycles. The second-order valence-corrected chi connectivity index (χ2v) is 3.26. The molecule has 14 heavy (non-hydrogen) atoms. The number of halogens is 2. The lowest BCUT2D eigenvalue weighted by Crippen LogP contribution is -1.83.